The van der Waals surface area contributed by atoms with Gasteiger partial charge in [-0.1, -0.05) is 80.2 Å². The molecule has 1 atom stereocenters. The third kappa shape index (κ3) is 14.7. The van der Waals surface area contributed by atoms with Crippen LogP contribution in [0.2, 0.25) is 10.0 Å². The Hall–Kier alpha value is -2.54. The van der Waals surface area contributed by atoms with Crippen molar-refractivity contribution < 1.29 is 9.59 Å². The van der Waals surface area contributed by atoms with Gasteiger partial charge >= 0.3 is 0 Å². The molecule has 1 aliphatic carbocycles. The van der Waals surface area contributed by atoms with E-state index >= 15 is 0 Å². The first kappa shape index (κ1) is 36.7. The number of allylic oxidation sites excluding steroid dienone is 1. The van der Waals surface area contributed by atoms with Crippen LogP contribution >= 0.6 is 23.2 Å². The third-order valence-electron chi connectivity index (χ3n) is 7.35. The number of hydrogen-bond acceptors (Lipinski definition) is 4. The van der Waals surface area contributed by atoms with Gasteiger partial charge in [0.1, 0.15) is 0 Å². The fourth-order valence-corrected chi connectivity index (χ4v) is 5.28. The number of halogens is 2. The van der Waals surface area contributed by atoms with Crippen molar-refractivity contribution in [2.45, 2.75) is 85.1 Å². The van der Waals surface area contributed by atoms with Gasteiger partial charge in [0.15, 0.2) is 0 Å². The topological polar surface area (TPSA) is 73.5 Å². The molecule has 2 aromatic rings. The Balaban J connectivity index is 0.000000694. The molecule has 1 fully saturated rings. The fourth-order valence-electron chi connectivity index (χ4n) is 4.96. The lowest BCUT2D eigenvalue weighted by molar-refractivity contribution is -0.126. The second-order valence-electron chi connectivity index (χ2n) is 11.4. The highest BCUT2D eigenvalue weighted by Crippen LogP contribution is 2.36. The summed E-state index contributed by atoms with van der Waals surface area (Å²) in [4.78, 5) is 26.8. The van der Waals surface area contributed by atoms with Gasteiger partial charge in [-0.15, -0.1) is 0 Å². The quantitative estimate of drug-likeness (QED) is 0.163. The smallest absolute Gasteiger partial charge is 0.239 e. The van der Waals surface area contributed by atoms with Crippen molar-refractivity contribution in [2.24, 2.45) is 5.92 Å². The van der Waals surface area contributed by atoms with Gasteiger partial charge in [-0.2, -0.15) is 0 Å². The van der Waals surface area contributed by atoms with Gasteiger partial charge in [0.25, 0.3) is 0 Å². The van der Waals surface area contributed by atoms with Crippen LogP contribution in [0.15, 0.2) is 54.2 Å². The van der Waals surface area contributed by atoms with Crippen LogP contribution in [0.1, 0.15) is 76.0 Å². The summed E-state index contributed by atoms with van der Waals surface area (Å²) in [6.07, 6.45) is 10.5. The minimum Gasteiger partial charge on any atom is -0.368 e. The maximum absolute atomic E-state index is 12.5. The number of amides is 2. The molecule has 8 heteroatoms. The van der Waals surface area contributed by atoms with E-state index in [0.29, 0.717) is 18.5 Å². The van der Waals surface area contributed by atoms with Crippen molar-refractivity contribution in [3.63, 3.8) is 0 Å². The van der Waals surface area contributed by atoms with Crippen LogP contribution in [0, 0.1) is 12.8 Å². The SMILES string of the molecule is CCC=C(C(NCCC)C1CC1)N(C)CC(=O)NCC(=O)NCCCc1ccc(Cl)cc1CCC.Cc1ccc(Cl)cc1. The summed E-state index contributed by atoms with van der Waals surface area (Å²) in [5.74, 6) is 0.359. The summed E-state index contributed by atoms with van der Waals surface area (Å²) in [6.45, 7) is 10.3. The maximum Gasteiger partial charge on any atom is 0.239 e. The van der Waals surface area contributed by atoms with Crippen molar-refractivity contribution in [2.75, 3.05) is 33.2 Å². The molecule has 3 N–H and O–H groups in total. The van der Waals surface area contributed by atoms with E-state index in [1.807, 2.05) is 55.3 Å². The lowest BCUT2D eigenvalue weighted by Gasteiger charge is -2.30. The predicted molar refractivity (Wildman–Crippen MR) is 182 cm³/mol. The molecular weight excluding hydrogens is 579 g/mol. The number of likely N-dealkylation sites (N-methyl/N-ethyl adjacent to an activating group) is 1. The molecule has 1 saturated carbocycles. The molecular formula is C35H52Cl2N4O2. The highest BCUT2D eigenvalue weighted by Gasteiger charge is 2.34. The molecule has 238 valence electrons. The molecule has 0 radical (unpaired) electrons. The van der Waals surface area contributed by atoms with E-state index in [9.17, 15) is 9.59 Å². The summed E-state index contributed by atoms with van der Waals surface area (Å²) in [7, 11) is 1.97. The normalized spacial score (nSPS) is 13.5. The Morgan fingerprint density at radius 3 is 2.21 bits per heavy atom. The average molecular weight is 632 g/mol. The van der Waals surface area contributed by atoms with Crippen LogP contribution in [0.3, 0.4) is 0 Å². The van der Waals surface area contributed by atoms with Gasteiger partial charge in [0, 0.05) is 35.4 Å². The van der Waals surface area contributed by atoms with Gasteiger partial charge < -0.3 is 20.9 Å². The lowest BCUT2D eigenvalue weighted by Crippen LogP contribution is -2.44. The molecule has 2 aromatic carbocycles. The largest absolute Gasteiger partial charge is 0.368 e. The first-order valence-electron chi connectivity index (χ1n) is 15.9. The van der Waals surface area contributed by atoms with E-state index in [4.69, 9.17) is 23.2 Å². The van der Waals surface area contributed by atoms with Crippen molar-refractivity contribution in [3.8, 4) is 0 Å². The summed E-state index contributed by atoms with van der Waals surface area (Å²) in [6, 6.07) is 14.1. The minimum absolute atomic E-state index is 0.00165. The number of rotatable bonds is 17. The Bertz CT molecular complexity index is 1130. The van der Waals surface area contributed by atoms with Gasteiger partial charge in [-0.05, 0) is 99.7 Å². The van der Waals surface area contributed by atoms with Gasteiger partial charge in [0.2, 0.25) is 11.8 Å². The number of hydrogen-bond donors (Lipinski definition) is 3. The van der Waals surface area contributed by atoms with E-state index in [0.717, 1.165) is 55.1 Å². The van der Waals surface area contributed by atoms with E-state index in [1.165, 1.54) is 35.2 Å². The Labute approximate surface area is 270 Å². The predicted octanol–water partition coefficient (Wildman–Crippen LogP) is 7.11. The molecule has 1 unspecified atom stereocenters. The molecule has 6 nitrogen and oxygen atoms in total. The number of nitrogens with zero attached hydrogens (tertiary/aromatic N) is 1. The van der Waals surface area contributed by atoms with Crippen LogP contribution < -0.4 is 16.0 Å². The van der Waals surface area contributed by atoms with Crippen LogP contribution in [0.4, 0.5) is 0 Å². The van der Waals surface area contributed by atoms with Crippen molar-refractivity contribution in [1.29, 1.82) is 0 Å². The standard InChI is InChI=1S/C28H45ClN4O2.C7H7Cl/c1-5-9-23-18-24(29)15-14-21(23)11-8-17-30-26(34)19-32-27(35)20-33(4)25(10-6-2)28(22-12-13-22)31-16-7-3;1-6-2-4-7(8)5-3-6/h10,14-15,18,22,28,31H,5-9,11-13,16-17,19-20H2,1-4H3,(H,30,34)(H,32,35);2-5H,1H3. The van der Waals surface area contributed by atoms with Crippen molar-refractivity contribution in [1.82, 2.24) is 20.9 Å². The van der Waals surface area contributed by atoms with Gasteiger partial charge in [0.05, 0.1) is 13.1 Å². The van der Waals surface area contributed by atoms with Crippen molar-refractivity contribution >= 4 is 35.0 Å². The summed E-state index contributed by atoms with van der Waals surface area (Å²) < 4.78 is 0. The van der Waals surface area contributed by atoms with Crippen LogP contribution in [-0.2, 0) is 22.4 Å². The molecule has 43 heavy (non-hydrogen) atoms. The molecule has 2 amide bonds. The zero-order valence-electron chi connectivity index (χ0n) is 26.8. The highest BCUT2D eigenvalue weighted by atomic mass is 35.5. The number of carbonyl (C=O) groups excluding carboxylic acids is 2. The van der Waals surface area contributed by atoms with Crippen LogP contribution in [-0.4, -0.2) is 56.0 Å². The fraction of sp³-hybridized carbons (Fsp3) is 0.543. The van der Waals surface area contributed by atoms with E-state index in [2.05, 4.69) is 48.9 Å². The van der Waals surface area contributed by atoms with E-state index in [-0.39, 0.29) is 24.9 Å². The van der Waals surface area contributed by atoms with Gasteiger partial charge in [-0.25, -0.2) is 0 Å². The first-order chi connectivity index (χ1) is 20.7. The summed E-state index contributed by atoms with van der Waals surface area (Å²) >= 11 is 11.7. The van der Waals surface area contributed by atoms with E-state index in [1.54, 1.807) is 0 Å². The second-order valence-corrected chi connectivity index (χ2v) is 12.2. The molecule has 0 saturated heterocycles. The summed E-state index contributed by atoms with van der Waals surface area (Å²) in [5, 5.41) is 10.9. The molecule has 0 bridgehead atoms. The van der Waals surface area contributed by atoms with Crippen LogP contribution in [0.5, 0.6) is 0 Å². The molecule has 3 rings (SSSR count). The Kier molecular flexibility index (Phi) is 17.4. The molecule has 0 heterocycles. The number of benzene rings is 2. The lowest BCUT2D eigenvalue weighted by atomic mass is 9.99. The molecule has 1 aliphatic rings. The maximum atomic E-state index is 12.5. The first-order valence-corrected chi connectivity index (χ1v) is 16.6. The number of nitrogens with one attached hydrogen (secondary N) is 3. The number of carbonyl (C=O) groups is 2. The molecule has 0 aliphatic heterocycles. The average Bonchev–Trinajstić information content (AvgIpc) is 3.82. The zero-order chi connectivity index (χ0) is 31.6. The molecule has 0 spiro atoms. The Morgan fingerprint density at radius 1 is 0.907 bits per heavy atom. The second kappa shape index (κ2) is 20.4. The monoisotopic (exact) mass is 630 g/mol. The highest BCUT2D eigenvalue weighted by molar-refractivity contribution is 6.30. The third-order valence-corrected chi connectivity index (χ3v) is 7.84. The van der Waals surface area contributed by atoms with Gasteiger partial charge in [-0.3, -0.25) is 9.59 Å². The zero-order valence-corrected chi connectivity index (χ0v) is 28.3. The van der Waals surface area contributed by atoms with Crippen LogP contribution in [0.25, 0.3) is 0 Å². The summed E-state index contributed by atoms with van der Waals surface area (Å²) in [5.41, 5.74) is 5.01. The van der Waals surface area contributed by atoms with E-state index < -0.39 is 0 Å². The Morgan fingerprint density at radius 2 is 1.60 bits per heavy atom. The molecule has 0 aromatic heterocycles. The number of aryl methyl sites for hydroxylation is 3. The minimum atomic E-state index is -0.157. The van der Waals surface area contributed by atoms with Crippen molar-refractivity contribution in [3.05, 3.63) is 81.0 Å².